The second kappa shape index (κ2) is 10.9. The Bertz CT molecular complexity index is 850. The minimum atomic E-state index is -4.27. The molecule has 1 aliphatic rings. The fourth-order valence-electron chi connectivity index (χ4n) is 3.06. The molecule has 0 aliphatic heterocycles. The van der Waals surface area contributed by atoms with Crippen molar-refractivity contribution in [2.45, 2.75) is 54.5 Å². The van der Waals surface area contributed by atoms with Gasteiger partial charge in [0.2, 0.25) is 9.70 Å². The first kappa shape index (κ1) is 24.3. The third-order valence-electron chi connectivity index (χ3n) is 4.47. The highest BCUT2D eigenvalue weighted by Gasteiger charge is 2.40. The third kappa shape index (κ3) is 7.97. The number of halogens is 3. The van der Waals surface area contributed by atoms with Crippen molar-refractivity contribution in [3.8, 4) is 12.3 Å². The van der Waals surface area contributed by atoms with Crippen molar-refractivity contribution >= 4 is 51.0 Å². The summed E-state index contributed by atoms with van der Waals surface area (Å²) in [5.41, 5.74) is 1.96. The van der Waals surface area contributed by atoms with E-state index in [0.717, 1.165) is 24.0 Å². The van der Waals surface area contributed by atoms with E-state index in [0.29, 0.717) is 25.8 Å². The Balaban J connectivity index is 1.95. The van der Waals surface area contributed by atoms with Crippen LogP contribution in [0.5, 0.6) is 0 Å². The van der Waals surface area contributed by atoms with E-state index in [1.165, 1.54) is 0 Å². The van der Waals surface area contributed by atoms with Gasteiger partial charge in [0.15, 0.2) is 0 Å². The van der Waals surface area contributed by atoms with Gasteiger partial charge in [0.05, 0.1) is 6.42 Å². The van der Waals surface area contributed by atoms with Crippen LogP contribution in [0, 0.1) is 12.3 Å². The lowest BCUT2D eigenvalue weighted by molar-refractivity contribution is -0.122. The van der Waals surface area contributed by atoms with Crippen molar-refractivity contribution in [3.05, 3.63) is 35.4 Å². The van der Waals surface area contributed by atoms with E-state index in [2.05, 4.69) is 16.0 Å². The first-order chi connectivity index (χ1) is 13.6. The Labute approximate surface area is 186 Å². The number of rotatable bonds is 10. The molecule has 160 valence electrons. The zero-order chi connectivity index (χ0) is 21.5. The van der Waals surface area contributed by atoms with Crippen LogP contribution < -0.4 is 10.0 Å². The van der Waals surface area contributed by atoms with Gasteiger partial charge in [-0.05, 0) is 36.8 Å². The highest BCUT2D eigenvalue weighted by molar-refractivity contribution is 7.84. The van der Waals surface area contributed by atoms with Crippen LogP contribution in [-0.4, -0.2) is 30.8 Å². The average molecular weight is 482 g/mol. The molecule has 0 radical (unpaired) electrons. The molecule has 0 saturated heterocycles. The average Bonchev–Trinajstić information content (AvgIpc) is 3.02. The molecule has 1 aliphatic carbocycles. The number of amides is 1. The van der Waals surface area contributed by atoms with Gasteiger partial charge < -0.3 is 5.32 Å². The summed E-state index contributed by atoms with van der Waals surface area (Å²) in [7, 11) is -4.27. The number of benzene rings is 1. The molecule has 1 amide bonds. The molecule has 0 heterocycles. The molecular weight excluding hydrogens is 459 g/mol. The van der Waals surface area contributed by atoms with Crippen LogP contribution in [0.1, 0.15) is 49.3 Å². The van der Waals surface area contributed by atoms with Gasteiger partial charge >= 0.3 is 10.3 Å². The number of hydrogen-bond acceptors (Lipinski definition) is 4. The van der Waals surface area contributed by atoms with Gasteiger partial charge in [0.1, 0.15) is 6.10 Å². The van der Waals surface area contributed by atoms with Crippen LogP contribution in [0.4, 0.5) is 0 Å². The van der Waals surface area contributed by atoms with Gasteiger partial charge in [-0.1, -0.05) is 59.1 Å². The molecule has 29 heavy (non-hydrogen) atoms. The number of nitrogens with one attached hydrogen (secondary N) is 2. The van der Waals surface area contributed by atoms with Gasteiger partial charge in [0.25, 0.3) is 0 Å². The summed E-state index contributed by atoms with van der Waals surface area (Å²) in [6.07, 6.45) is 6.68. The molecule has 2 rings (SSSR count). The topological polar surface area (TPSA) is 84.5 Å². The highest BCUT2D eigenvalue weighted by Crippen LogP contribution is 2.36. The fraction of sp³-hybridized carbons (Fsp3) is 0.526. The van der Waals surface area contributed by atoms with Gasteiger partial charge in [-0.3, -0.25) is 4.79 Å². The van der Waals surface area contributed by atoms with Gasteiger partial charge in [-0.15, -0.1) is 12.3 Å². The maximum Gasteiger partial charge on any atom is 0.336 e. The van der Waals surface area contributed by atoms with E-state index >= 15 is 0 Å². The minimum absolute atomic E-state index is 0.386. The fourth-order valence-corrected chi connectivity index (χ4v) is 4.75. The molecule has 0 bridgehead atoms. The Morgan fingerprint density at radius 3 is 2.72 bits per heavy atom. The third-order valence-corrected chi connectivity index (χ3v) is 6.26. The van der Waals surface area contributed by atoms with Crippen molar-refractivity contribution < 1.29 is 17.4 Å². The number of unbranched alkanes of at least 4 members (excludes halogenated alkanes) is 2. The van der Waals surface area contributed by atoms with Crippen molar-refractivity contribution in [1.82, 2.24) is 10.0 Å². The number of hydrogen-bond donors (Lipinski definition) is 2. The van der Waals surface area contributed by atoms with Crippen molar-refractivity contribution in [2.24, 2.45) is 0 Å². The highest BCUT2D eigenvalue weighted by atomic mass is 35.6. The largest absolute Gasteiger partial charge is 0.356 e. The van der Waals surface area contributed by atoms with E-state index in [4.69, 9.17) is 45.4 Å². The first-order valence-electron chi connectivity index (χ1n) is 9.17. The quantitative estimate of drug-likeness (QED) is 0.304. The van der Waals surface area contributed by atoms with E-state index in [9.17, 15) is 13.2 Å². The van der Waals surface area contributed by atoms with Crippen LogP contribution in [0.15, 0.2) is 24.3 Å². The molecule has 1 aromatic rings. The SMILES string of the molecule is C#CCCCCNC(=O)C[C@@H](OS(=O)(=O)NC1CCc2ccccc21)C(Cl)(Cl)Cl. The van der Waals surface area contributed by atoms with Crippen molar-refractivity contribution in [1.29, 1.82) is 0 Å². The smallest absolute Gasteiger partial charge is 0.336 e. The summed E-state index contributed by atoms with van der Waals surface area (Å²) in [5.74, 6) is 2.03. The molecular formula is C19H23Cl3N2O4S. The predicted octanol–water partition coefficient (Wildman–Crippen LogP) is 3.57. The molecule has 2 atom stereocenters. The van der Waals surface area contributed by atoms with Crippen LogP contribution in [0.3, 0.4) is 0 Å². The summed E-state index contributed by atoms with van der Waals surface area (Å²) in [5, 5.41) is 2.64. The summed E-state index contributed by atoms with van der Waals surface area (Å²) >= 11 is 17.6. The standard InChI is InChI=1S/C19H23Cl3N2O4S/c1-2-3-4-7-12-23-18(25)13-17(19(20,21)22)28-29(26,27)24-16-11-10-14-8-5-6-9-15(14)16/h1,5-6,8-9,16-17,24H,3-4,7,10-13H2,(H,23,25)/t16?,17-/m1/s1. The van der Waals surface area contributed by atoms with Crippen molar-refractivity contribution in [3.63, 3.8) is 0 Å². The van der Waals surface area contributed by atoms with Gasteiger partial charge in [-0.2, -0.15) is 13.1 Å². The molecule has 10 heteroatoms. The molecule has 0 fully saturated rings. The predicted molar refractivity (Wildman–Crippen MR) is 115 cm³/mol. The molecule has 2 N–H and O–H groups in total. The maximum atomic E-state index is 12.5. The lowest BCUT2D eigenvalue weighted by atomic mass is 10.1. The first-order valence-corrected chi connectivity index (χ1v) is 11.7. The number of aryl methyl sites for hydroxylation is 1. The molecule has 0 aromatic heterocycles. The normalized spacial score (nSPS) is 17.4. The van der Waals surface area contributed by atoms with Crippen LogP contribution in [-0.2, 0) is 25.7 Å². The zero-order valence-electron chi connectivity index (χ0n) is 15.7. The van der Waals surface area contributed by atoms with Crippen molar-refractivity contribution in [2.75, 3.05) is 6.54 Å². The summed E-state index contributed by atoms with van der Waals surface area (Å²) in [6, 6.07) is 7.11. The molecule has 0 saturated carbocycles. The lowest BCUT2D eigenvalue weighted by Crippen LogP contribution is -2.41. The van der Waals surface area contributed by atoms with Gasteiger partial charge in [-0.25, -0.2) is 4.18 Å². The minimum Gasteiger partial charge on any atom is -0.356 e. The van der Waals surface area contributed by atoms with E-state index in [1.807, 2.05) is 24.3 Å². The van der Waals surface area contributed by atoms with E-state index in [1.54, 1.807) is 0 Å². The second-order valence-electron chi connectivity index (χ2n) is 6.70. The lowest BCUT2D eigenvalue weighted by Gasteiger charge is -2.25. The Hall–Kier alpha value is -1.01. The van der Waals surface area contributed by atoms with Crippen LogP contribution >= 0.6 is 34.8 Å². The maximum absolute atomic E-state index is 12.5. The second-order valence-corrected chi connectivity index (χ2v) is 10.4. The molecule has 1 aromatic carbocycles. The zero-order valence-corrected chi connectivity index (χ0v) is 18.8. The number of carbonyl (C=O) groups is 1. The van der Waals surface area contributed by atoms with Crippen LogP contribution in [0.25, 0.3) is 0 Å². The Morgan fingerprint density at radius 2 is 2.03 bits per heavy atom. The molecule has 1 unspecified atom stereocenters. The monoisotopic (exact) mass is 480 g/mol. The summed E-state index contributed by atoms with van der Waals surface area (Å²) < 4.78 is 30.5. The number of terminal acetylenes is 1. The van der Waals surface area contributed by atoms with Crippen LogP contribution in [0.2, 0.25) is 0 Å². The number of fused-ring (bicyclic) bond motifs is 1. The molecule has 6 nitrogen and oxygen atoms in total. The molecule has 0 spiro atoms. The summed E-state index contributed by atoms with van der Waals surface area (Å²) in [4.78, 5) is 12.1. The van der Waals surface area contributed by atoms with Gasteiger partial charge in [0, 0.05) is 19.0 Å². The van der Waals surface area contributed by atoms with E-state index < -0.39 is 38.6 Å². The number of alkyl halides is 3. The Morgan fingerprint density at radius 1 is 1.31 bits per heavy atom. The van der Waals surface area contributed by atoms with E-state index in [-0.39, 0.29) is 0 Å². The number of carbonyl (C=O) groups excluding carboxylic acids is 1. The summed E-state index contributed by atoms with van der Waals surface area (Å²) in [6.45, 7) is 0.386. The Kier molecular flexibility index (Phi) is 9.08.